The SMILES string of the molecule is CCOC(=O)C1=C(N2CCCCC2CO)OCC1=O. The number of hydrogen-bond donors (Lipinski definition) is 1. The minimum Gasteiger partial charge on any atom is -0.470 e. The fraction of sp³-hybridized carbons (Fsp3) is 0.692. The number of aliphatic hydroxyl groups excluding tert-OH is 1. The van der Waals surface area contributed by atoms with Gasteiger partial charge in [-0.25, -0.2) is 4.79 Å². The highest BCUT2D eigenvalue weighted by Crippen LogP contribution is 2.28. The Morgan fingerprint density at radius 3 is 3.00 bits per heavy atom. The maximum Gasteiger partial charge on any atom is 0.347 e. The van der Waals surface area contributed by atoms with Gasteiger partial charge in [0.1, 0.15) is 0 Å². The molecule has 106 valence electrons. The number of likely N-dealkylation sites (tertiary alicyclic amines) is 1. The van der Waals surface area contributed by atoms with Crippen LogP contribution in [0.2, 0.25) is 0 Å². The van der Waals surface area contributed by atoms with E-state index in [2.05, 4.69) is 0 Å². The molecule has 0 spiro atoms. The monoisotopic (exact) mass is 269 g/mol. The third-order valence-electron chi connectivity index (χ3n) is 3.41. The van der Waals surface area contributed by atoms with Crippen molar-refractivity contribution in [3.8, 4) is 0 Å². The zero-order valence-electron chi connectivity index (χ0n) is 11.1. The van der Waals surface area contributed by atoms with Crippen LogP contribution in [0.3, 0.4) is 0 Å². The maximum atomic E-state index is 11.8. The van der Waals surface area contributed by atoms with Gasteiger partial charge in [-0.2, -0.15) is 0 Å². The predicted molar refractivity (Wildman–Crippen MR) is 66.0 cm³/mol. The number of nitrogens with zero attached hydrogens (tertiary/aromatic N) is 1. The van der Waals surface area contributed by atoms with Gasteiger partial charge in [0.15, 0.2) is 12.2 Å². The molecule has 1 unspecified atom stereocenters. The van der Waals surface area contributed by atoms with Gasteiger partial charge in [0.2, 0.25) is 11.7 Å². The van der Waals surface area contributed by atoms with Crippen molar-refractivity contribution >= 4 is 11.8 Å². The van der Waals surface area contributed by atoms with Gasteiger partial charge in [0.05, 0.1) is 19.3 Å². The number of Topliss-reactive ketones (excluding diaryl/α,β-unsaturated/α-hetero) is 1. The van der Waals surface area contributed by atoms with Crippen LogP contribution in [0.4, 0.5) is 0 Å². The molecule has 6 heteroatoms. The van der Waals surface area contributed by atoms with Crippen LogP contribution in [0.25, 0.3) is 0 Å². The van der Waals surface area contributed by atoms with Crippen LogP contribution in [-0.4, -0.2) is 54.2 Å². The number of piperidine rings is 1. The first kappa shape index (κ1) is 13.9. The molecule has 0 aromatic carbocycles. The van der Waals surface area contributed by atoms with E-state index < -0.39 is 5.97 Å². The highest BCUT2D eigenvalue weighted by atomic mass is 16.5. The largest absolute Gasteiger partial charge is 0.470 e. The van der Waals surface area contributed by atoms with E-state index >= 15 is 0 Å². The van der Waals surface area contributed by atoms with Gasteiger partial charge in [0, 0.05) is 6.54 Å². The van der Waals surface area contributed by atoms with Crippen molar-refractivity contribution in [1.29, 1.82) is 0 Å². The fourth-order valence-electron chi connectivity index (χ4n) is 2.49. The average molecular weight is 269 g/mol. The van der Waals surface area contributed by atoms with Gasteiger partial charge >= 0.3 is 5.97 Å². The standard InChI is InChI=1S/C13H19NO5/c1-2-18-13(17)11-10(16)8-19-12(11)14-6-4-3-5-9(14)7-15/h9,15H,2-8H2,1H3. The zero-order chi connectivity index (χ0) is 13.8. The summed E-state index contributed by atoms with van der Waals surface area (Å²) in [5, 5.41) is 9.39. The number of ether oxygens (including phenoxy) is 2. The molecule has 2 heterocycles. The summed E-state index contributed by atoms with van der Waals surface area (Å²) in [7, 11) is 0. The van der Waals surface area contributed by atoms with E-state index in [4.69, 9.17) is 9.47 Å². The Morgan fingerprint density at radius 2 is 2.32 bits per heavy atom. The van der Waals surface area contributed by atoms with Crippen molar-refractivity contribution in [1.82, 2.24) is 4.90 Å². The molecule has 2 aliphatic heterocycles. The minimum atomic E-state index is -0.637. The number of rotatable bonds is 4. The highest BCUT2D eigenvalue weighted by molar-refractivity contribution is 6.19. The normalized spacial score (nSPS) is 23.6. The van der Waals surface area contributed by atoms with Gasteiger partial charge in [-0.15, -0.1) is 0 Å². The summed E-state index contributed by atoms with van der Waals surface area (Å²) in [5.41, 5.74) is -0.0119. The van der Waals surface area contributed by atoms with Crippen LogP contribution in [0.1, 0.15) is 26.2 Å². The lowest BCUT2D eigenvalue weighted by atomic mass is 10.0. The Bertz CT molecular complexity index is 404. The number of carbonyl (C=O) groups excluding carboxylic acids is 2. The molecule has 0 aromatic heterocycles. The summed E-state index contributed by atoms with van der Waals surface area (Å²) in [6.07, 6.45) is 2.80. The van der Waals surface area contributed by atoms with Gasteiger partial charge in [-0.1, -0.05) is 0 Å². The van der Waals surface area contributed by atoms with Gasteiger partial charge in [-0.3, -0.25) is 4.79 Å². The lowest BCUT2D eigenvalue weighted by Crippen LogP contribution is -2.42. The van der Waals surface area contributed by atoms with Crippen molar-refractivity contribution in [3.63, 3.8) is 0 Å². The Hall–Kier alpha value is -1.56. The second-order valence-corrected chi connectivity index (χ2v) is 4.64. The second kappa shape index (κ2) is 6.06. The van der Waals surface area contributed by atoms with Gasteiger partial charge in [-0.05, 0) is 26.2 Å². The summed E-state index contributed by atoms with van der Waals surface area (Å²) >= 11 is 0. The molecule has 6 nitrogen and oxygen atoms in total. The quantitative estimate of drug-likeness (QED) is 0.580. The Kier molecular flexibility index (Phi) is 4.42. The highest BCUT2D eigenvalue weighted by Gasteiger charge is 2.37. The molecule has 0 aromatic rings. The zero-order valence-corrected chi connectivity index (χ0v) is 11.1. The first-order valence-electron chi connectivity index (χ1n) is 6.64. The fourth-order valence-corrected chi connectivity index (χ4v) is 2.49. The molecule has 1 fully saturated rings. The van der Waals surface area contributed by atoms with Crippen molar-refractivity contribution in [3.05, 3.63) is 11.5 Å². The lowest BCUT2D eigenvalue weighted by molar-refractivity contribution is -0.139. The lowest BCUT2D eigenvalue weighted by Gasteiger charge is -2.36. The molecule has 0 amide bonds. The molecular formula is C13H19NO5. The van der Waals surface area contributed by atoms with Crippen LogP contribution in [0.15, 0.2) is 11.5 Å². The second-order valence-electron chi connectivity index (χ2n) is 4.64. The van der Waals surface area contributed by atoms with Gasteiger partial charge < -0.3 is 19.5 Å². The first-order valence-corrected chi connectivity index (χ1v) is 6.64. The van der Waals surface area contributed by atoms with Crippen LogP contribution < -0.4 is 0 Å². The number of aliphatic hydroxyl groups is 1. The Morgan fingerprint density at radius 1 is 1.53 bits per heavy atom. The van der Waals surface area contributed by atoms with Gasteiger partial charge in [0.25, 0.3) is 0 Å². The molecule has 1 atom stereocenters. The van der Waals surface area contributed by atoms with E-state index in [1.165, 1.54) is 0 Å². The summed E-state index contributed by atoms with van der Waals surface area (Å²) in [6.45, 7) is 2.44. The number of carbonyl (C=O) groups is 2. The van der Waals surface area contributed by atoms with E-state index in [1.54, 1.807) is 6.92 Å². The van der Waals surface area contributed by atoms with Crippen LogP contribution in [0, 0.1) is 0 Å². The van der Waals surface area contributed by atoms with Crippen molar-refractivity contribution in [2.75, 3.05) is 26.4 Å². The molecule has 0 radical (unpaired) electrons. The number of hydrogen-bond acceptors (Lipinski definition) is 6. The summed E-state index contributed by atoms with van der Waals surface area (Å²) in [6, 6.07) is -0.0981. The number of esters is 1. The molecule has 1 N–H and O–H groups in total. The first-order chi connectivity index (χ1) is 9.19. The predicted octanol–water partition coefficient (Wildman–Crippen LogP) is 0.207. The number of ketones is 1. The molecule has 0 aliphatic carbocycles. The Labute approximate surface area is 112 Å². The summed E-state index contributed by atoms with van der Waals surface area (Å²) < 4.78 is 10.3. The molecular weight excluding hydrogens is 250 g/mol. The average Bonchev–Trinajstić information content (AvgIpc) is 2.80. The molecule has 2 aliphatic rings. The Balaban J connectivity index is 2.27. The van der Waals surface area contributed by atoms with Crippen LogP contribution >= 0.6 is 0 Å². The maximum absolute atomic E-state index is 11.8. The molecule has 0 saturated carbocycles. The smallest absolute Gasteiger partial charge is 0.347 e. The van der Waals surface area contributed by atoms with Crippen molar-refractivity contribution < 1.29 is 24.2 Å². The minimum absolute atomic E-state index is 0.0119. The van der Waals surface area contributed by atoms with Crippen molar-refractivity contribution in [2.24, 2.45) is 0 Å². The molecule has 19 heavy (non-hydrogen) atoms. The third kappa shape index (κ3) is 2.73. The molecule has 0 bridgehead atoms. The molecule has 2 rings (SSSR count). The third-order valence-corrected chi connectivity index (χ3v) is 3.41. The van der Waals surface area contributed by atoms with Crippen LogP contribution in [-0.2, 0) is 19.1 Å². The van der Waals surface area contributed by atoms with E-state index in [0.717, 1.165) is 19.3 Å². The summed E-state index contributed by atoms with van der Waals surface area (Å²) in [4.78, 5) is 25.4. The van der Waals surface area contributed by atoms with Crippen molar-refractivity contribution in [2.45, 2.75) is 32.2 Å². The molecule has 1 saturated heterocycles. The van der Waals surface area contributed by atoms with E-state index in [-0.39, 0.29) is 43.1 Å². The van der Waals surface area contributed by atoms with Crippen LogP contribution in [0.5, 0.6) is 0 Å². The van der Waals surface area contributed by atoms with E-state index in [9.17, 15) is 14.7 Å². The topological polar surface area (TPSA) is 76.1 Å². The van der Waals surface area contributed by atoms with E-state index in [1.807, 2.05) is 4.90 Å². The van der Waals surface area contributed by atoms with E-state index in [0.29, 0.717) is 6.54 Å². The summed E-state index contributed by atoms with van der Waals surface area (Å²) in [5.74, 6) is -0.708.